The van der Waals surface area contributed by atoms with Gasteiger partial charge in [-0.2, -0.15) is 0 Å². The normalized spacial score (nSPS) is 17.7. The van der Waals surface area contributed by atoms with Crippen molar-refractivity contribution in [2.45, 2.75) is 32.6 Å². The van der Waals surface area contributed by atoms with Crippen LogP contribution < -0.4 is 11.1 Å². The number of hydrogen-bond acceptors (Lipinski definition) is 2. The fourth-order valence-electron chi connectivity index (χ4n) is 1.59. The van der Waals surface area contributed by atoms with Gasteiger partial charge in [0, 0.05) is 19.0 Å². The summed E-state index contributed by atoms with van der Waals surface area (Å²) in [5.74, 6) is 0.0126. The number of hydrogen-bond donors (Lipinski definition) is 2. The lowest BCUT2D eigenvalue weighted by Crippen LogP contribution is -2.33. The Morgan fingerprint density at radius 2 is 2.50 bits per heavy atom. The van der Waals surface area contributed by atoms with Crippen molar-refractivity contribution in [3.8, 4) is 0 Å². The number of allylic oxidation sites excluding steroid dienone is 1. The van der Waals surface area contributed by atoms with Crippen molar-refractivity contribution in [2.24, 2.45) is 11.7 Å². The Labute approximate surface area is 85.7 Å². The molecule has 0 aliphatic heterocycles. The molecule has 1 aliphatic carbocycles. The predicted molar refractivity (Wildman–Crippen MR) is 57.8 cm³/mol. The molecule has 1 aliphatic rings. The van der Waals surface area contributed by atoms with Crippen LogP contribution in [0.2, 0.25) is 0 Å². The molecule has 0 radical (unpaired) electrons. The van der Waals surface area contributed by atoms with Crippen LogP contribution in [0.25, 0.3) is 0 Å². The van der Waals surface area contributed by atoms with Gasteiger partial charge >= 0.3 is 0 Å². The van der Waals surface area contributed by atoms with E-state index in [1.807, 2.05) is 6.92 Å². The summed E-state index contributed by atoms with van der Waals surface area (Å²) < 4.78 is 0. The van der Waals surface area contributed by atoms with E-state index in [1.165, 1.54) is 24.8 Å². The van der Waals surface area contributed by atoms with Crippen molar-refractivity contribution in [1.82, 2.24) is 5.32 Å². The summed E-state index contributed by atoms with van der Waals surface area (Å²) >= 11 is 0. The first kappa shape index (κ1) is 11.2. The zero-order valence-electron chi connectivity index (χ0n) is 8.88. The van der Waals surface area contributed by atoms with E-state index in [0.717, 1.165) is 13.0 Å². The van der Waals surface area contributed by atoms with E-state index in [9.17, 15) is 4.79 Å². The van der Waals surface area contributed by atoms with Crippen LogP contribution in [-0.2, 0) is 4.79 Å². The van der Waals surface area contributed by atoms with Gasteiger partial charge in [0.25, 0.3) is 0 Å². The molecule has 80 valence electrons. The number of carbonyl (C=O) groups is 1. The van der Waals surface area contributed by atoms with Crippen LogP contribution in [0.3, 0.4) is 0 Å². The van der Waals surface area contributed by atoms with E-state index < -0.39 is 0 Å². The van der Waals surface area contributed by atoms with Crippen LogP contribution in [-0.4, -0.2) is 19.0 Å². The van der Waals surface area contributed by atoms with Gasteiger partial charge in [-0.25, -0.2) is 0 Å². The molecule has 0 aromatic heterocycles. The van der Waals surface area contributed by atoms with Crippen LogP contribution in [0.1, 0.15) is 32.6 Å². The third kappa shape index (κ3) is 3.50. The van der Waals surface area contributed by atoms with E-state index in [0.29, 0.717) is 6.54 Å². The van der Waals surface area contributed by atoms with Gasteiger partial charge < -0.3 is 11.1 Å². The zero-order valence-corrected chi connectivity index (χ0v) is 8.88. The Morgan fingerprint density at radius 3 is 3.07 bits per heavy atom. The molecular weight excluding hydrogens is 176 g/mol. The van der Waals surface area contributed by atoms with Crippen molar-refractivity contribution >= 4 is 5.91 Å². The van der Waals surface area contributed by atoms with E-state index in [4.69, 9.17) is 5.73 Å². The average Bonchev–Trinajstić information content (AvgIpc) is 2.69. The highest BCUT2D eigenvalue weighted by molar-refractivity contribution is 5.78. The molecule has 1 unspecified atom stereocenters. The summed E-state index contributed by atoms with van der Waals surface area (Å²) in [6, 6.07) is 0. The first-order chi connectivity index (χ1) is 6.74. The minimum Gasteiger partial charge on any atom is -0.356 e. The lowest BCUT2D eigenvalue weighted by Gasteiger charge is -2.09. The molecule has 1 amide bonds. The van der Waals surface area contributed by atoms with Crippen molar-refractivity contribution in [3.63, 3.8) is 0 Å². The molecule has 3 nitrogen and oxygen atoms in total. The summed E-state index contributed by atoms with van der Waals surface area (Å²) in [4.78, 5) is 11.3. The van der Waals surface area contributed by atoms with Gasteiger partial charge in [-0.3, -0.25) is 4.79 Å². The summed E-state index contributed by atoms with van der Waals surface area (Å²) in [6.07, 6.45) is 6.99. The van der Waals surface area contributed by atoms with Crippen molar-refractivity contribution in [1.29, 1.82) is 0 Å². The third-order valence-corrected chi connectivity index (χ3v) is 2.68. The van der Waals surface area contributed by atoms with Crippen LogP contribution >= 0.6 is 0 Å². The maximum Gasteiger partial charge on any atom is 0.224 e. The molecule has 1 atom stereocenters. The molecule has 0 bridgehead atoms. The molecule has 1 rings (SSSR count). The minimum absolute atomic E-state index is 0.0624. The van der Waals surface area contributed by atoms with E-state index in [1.54, 1.807) is 0 Å². The average molecular weight is 196 g/mol. The number of rotatable bonds is 5. The summed E-state index contributed by atoms with van der Waals surface area (Å²) in [5, 5.41) is 2.90. The molecule has 3 N–H and O–H groups in total. The smallest absolute Gasteiger partial charge is 0.224 e. The van der Waals surface area contributed by atoms with E-state index in [2.05, 4.69) is 11.4 Å². The molecule has 0 saturated heterocycles. The number of carbonyl (C=O) groups excluding carboxylic acids is 1. The van der Waals surface area contributed by atoms with Gasteiger partial charge in [0.05, 0.1) is 0 Å². The Kier molecular flexibility index (Phi) is 4.66. The van der Waals surface area contributed by atoms with Crippen LogP contribution in [0.15, 0.2) is 11.6 Å². The molecule has 0 fully saturated rings. The summed E-state index contributed by atoms with van der Waals surface area (Å²) in [7, 11) is 0. The topological polar surface area (TPSA) is 55.1 Å². The SMILES string of the molecule is CC(CN)C(=O)NCCC1=CCCC1. The second-order valence-electron chi connectivity index (χ2n) is 3.93. The molecule has 0 heterocycles. The summed E-state index contributed by atoms with van der Waals surface area (Å²) in [5.41, 5.74) is 6.89. The van der Waals surface area contributed by atoms with Gasteiger partial charge in [-0.05, 0) is 25.7 Å². The maximum atomic E-state index is 11.3. The van der Waals surface area contributed by atoms with Crippen LogP contribution in [0.5, 0.6) is 0 Å². The van der Waals surface area contributed by atoms with Crippen LogP contribution in [0.4, 0.5) is 0 Å². The van der Waals surface area contributed by atoms with E-state index >= 15 is 0 Å². The highest BCUT2D eigenvalue weighted by Crippen LogP contribution is 2.19. The molecule has 0 spiro atoms. The highest BCUT2D eigenvalue weighted by atomic mass is 16.1. The Bertz CT molecular complexity index is 223. The summed E-state index contributed by atoms with van der Waals surface area (Å²) in [6.45, 7) is 3.04. The Hall–Kier alpha value is -0.830. The minimum atomic E-state index is -0.0624. The quantitative estimate of drug-likeness (QED) is 0.649. The monoisotopic (exact) mass is 196 g/mol. The first-order valence-corrected chi connectivity index (χ1v) is 5.39. The van der Waals surface area contributed by atoms with Crippen molar-refractivity contribution in [3.05, 3.63) is 11.6 Å². The molecule has 3 heteroatoms. The lowest BCUT2D eigenvalue weighted by molar-refractivity contribution is -0.124. The number of nitrogens with one attached hydrogen (secondary N) is 1. The Balaban J connectivity index is 2.11. The second kappa shape index (κ2) is 5.81. The first-order valence-electron chi connectivity index (χ1n) is 5.39. The fraction of sp³-hybridized carbons (Fsp3) is 0.727. The van der Waals surface area contributed by atoms with Crippen molar-refractivity contribution < 1.29 is 4.79 Å². The standard InChI is InChI=1S/C11H20N2O/c1-9(8-12)11(14)13-7-6-10-4-2-3-5-10/h4,9H,2-3,5-8,12H2,1H3,(H,13,14). The van der Waals surface area contributed by atoms with Gasteiger partial charge in [-0.15, -0.1) is 0 Å². The zero-order chi connectivity index (χ0) is 10.4. The van der Waals surface area contributed by atoms with Gasteiger partial charge in [0.1, 0.15) is 0 Å². The largest absolute Gasteiger partial charge is 0.356 e. The lowest BCUT2D eigenvalue weighted by atomic mass is 10.1. The maximum absolute atomic E-state index is 11.3. The fourth-order valence-corrected chi connectivity index (χ4v) is 1.59. The third-order valence-electron chi connectivity index (χ3n) is 2.68. The Morgan fingerprint density at radius 1 is 1.71 bits per heavy atom. The van der Waals surface area contributed by atoms with Gasteiger partial charge in [-0.1, -0.05) is 18.6 Å². The number of amides is 1. The van der Waals surface area contributed by atoms with Gasteiger partial charge in [0.2, 0.25) is 5.91 Å². The van der Waals surface area contributed by atoms with E-state index in [-0.39, 0.29) is 11.8 Å². The highest BCUT2D eigenvalue weighted by Gasteiger charge is 2.10. The molecule has 0 aromatic carbocycles. The molecule has 0 aromatic rings. The molecule has 14 heavy (non-hydrogen) atoms. The second-order valence-corrected chi connectivity index (χ2v) is 3.93. The van der Waals surface area contributed by atoms with Gasteiger partial charge in [0.15, 0.2) is 0 Å². The molecule has 0 saturated carbocycles. The number of nitrogens with two attached hydrogens (primary N) is 1. The predicted octanol–water partition coefficient (Wildman–Crippen LogP) is 1.20. The van der Waals surface area contributed by atoms with Crippen molar-refractivity contribution in [2.75, 3.05) is 13.1 Å². The molecular formula is C11H20N2O. The van der Waals surface area contributed by atoms with Crippen LogP contribution in [0, 0.1) is 5.92 Å².